The van der Waals surface area contributed by atoms with Gasteiger partial charge in [-0.05, 0) is 20.8 Å². The standard InChI is InChI=1S/C11H14N4O/c1-7-4-14-11(16-7)6-13-10-5-12-8(2)9(3)15-10/h4-5H,6H2,1-3H3,(H,13,15). The first-order valence-corrected chi connectivity index (χ1v) is 5.10. The monoisotopic (exact) mass is 218 g/mol. The molecule has 0 bridgehead atoms. The molecule has 2 heterocycles. The molecule has 0 fully saturated rings. The molecule has 2 aromatic rings. The third kappa shape index (κ3) is 2.36. The van der Waals surface area contributed by atoms with Crippen LogP contribution in [0.15, 0.2) is 16.8 Å². The number of nitrogens with one attached hydrogen (secondary N) is 1. The molecule has 5 nitrogen and oxygen atoms in total. The van der Waals surface area contributed by atoms with Gasteiger partial charge in [0.25, 0.3) is 0 Å². The molecule has 2 aromatic heterocycles. The Bertz CT molecular complexity index is 492. The van der Waals surface area contributed by atoms with Crippen molar-refractivity contribution in [1.82, 2.24) is 15.0 Å². The van der Waals surface area contributed by atoms with Crippen molar-refractivity contribution in [1.29, 1.82) is 0 Å². The van der Waals surface area contributed by atoms with Crippen LogP contribution < -0.4 is 5.32 Å². The highest BCUT2D eigenvalue weighted by Gasteiger charge is 2.02. The van der Waals surface area contributed by atoms with Crippen LogP contribution in [0.4, 0.5) is 5.82 Å². The Balaban J connectivity index is 2.02. The van der Waals surface area contributed by atoms with Crippen molar-refractivity contribution >= 4 is 5.82 Å². The summed E-state index contributed by atoms with van der Waals surface area (Å²) in [5.74, 6) is 2.19. The third-order valence-corrected chi connectivity index (χ3v) is 2.28. The van der Waals surface area contributed by atoms with E-state index >= 15 is 0 Å². The SMILES string of the molecule is Cc1cnc(CNc2cnc(C)c(C)n2)o1. The van der Waals surface area contributed by atoms with Crippen LogP contribution >= 0.6 is 0 Å². The quantitative estimate of drug-likeness (QED) is 0.853. The van der Waals surface area contributed by atoms with E-state index in [4.69, 9.17) is 4.42 Å². The fourth-order valence-electron chi connectivity index (χ4n) is 1.28. The lowest BCUT2D eigenvalue weighted by atomic mass is 10.3. The summed E-state index contributed by atoms with van der Waals surface area (Å²) in [7, 11) is 0. The van der Waals surface area contributed by atoms with Crippen molar-refractivity contribution in [3.8, 4) is 0 Å². The van der Waals surface area contributed by atoms with Crippen molar-refractivity contribution in [3.05, 3.63) is 35.4 Å². The van der Waals surface area contributed by atoms with E-state index in [0.717, 1.165) is 23.0 Å². The van der Waals surface area contributed by atoms with Crippen LogP contribution in [0.5, 0.6) is 0 Å². The van der Waals surface area contributed by atoms with Gasteiger partial charge in [-0.2, -0.15) is 0 Å². The molecule has 0 saturated heterocycles. The third-order valence-electron chi connectivity index (χ3n) is 2.28. The average Bonchev–Trinajstić information content (AvgIpc) is 2.66. The number of oxazole rings is 1. The van der Waals surface area contributed by atoms with Gasteiger partial charge >= 0.3 is 0 Å². The predicted molar refractivity (Wildman–Crippen MR) is 60.1 cm³/mol. The van der Waals surface area contributed by atoms with Gasteiger partial charge in [-0.1, -0.05) is 0 Å². The number of aromatic nitrogens is 3. The van der Waals surface area contributed by atoms with Gasteiger partial charge < -0.3 is 9.73 Å². The molecule has 84 valence electrons. The highest BCUT2D eigenvalue weighted by atomic mass is 16.4. The van der Waals surface area contributed by atoms with Crippen molar-refractivity contribution < 1.29 is 4.42 Å². The van der Waals surface area contributed by atoms with Crippen molar-refractivity contribution in [2.24, 2.45) is 0 Å². The Morgan fingerprint density at radius 1 is 1.12 bits per heavy atom. The maximum absolute atomic E-state index is 5.34. The molecule has 0 atom stereocenters. The summed E-state index contributed by atoms with van der Waals surface area (Å²) in [6, 6.07) is 0. The summed E-state index contributed by atoms with van der Waals surface area (Å²) in [5.41, 5.74) is 1.87. The smallest absolute Gasteiger partial charge is 0.213 e. The van der Waals surface area contributed by atoms with E-state index in [9.17, 15) is 0 Å². The van der Waals surface area contributed by atoms with Crippen LogP contribution in [-0.2, 0) is 6.54 Å². The molecule has 0 aromatic carbocycles. The molecule has 0 unspecified atom stereocenters. The van der Waals surface area contributed by atoms with Crippen LogP contribution in [-0.4, -0.2) is 15.0 Å². The first-order valence-electron chi connectivity index (χ1n) is 5.10. The highest BCUT2D eigenvalue weighted by molar-refractivity contribution is 5.33. The number of anilines is 1. The topological polar surface area (TPSA) is 63.8 Å². The van der Waals surface area contributed by atoms with Crippen LogP contribution in [0, 0.1) is 20.8 Å². The number of hydrogen-bond donors (Lipinski definition) is 1. The number of aryl methyl sites for hydroxylation is 3. The zero-order valence-electron chi connectivity index (χ0n) is 9.61. The molecule has 0 radical (unpaired) electrons. The molecule has 0 saturated carbocycles. The maximum atomic E-state index is 5.34. The number of rotatable bonds is 3. The van der Waals surface area contributed by atoms with Crippen molar-refractivity contribution in [2.45, 2.75) is 27.3 Å². The number of nitrogens with zero attached hydrogens (tertiary/aromatic N) is 3. The van der Waals surface area contributed by atoms with E-state index in [1.54, 1.807) is 12.4 Å². The first-order chi connectivity index (χ1) is 7.65. The van der Waals surface area contributed by atoms with Gasteiger partial charge in [-0.3, -0.25) is 4.98 Å². The summed E-state index contributed by atoms with van der Waals surface area (Å²) in [4.78, 5) is 12.7. The van der Waals surface area contributed by atoms with Crippen LogP contribution in [0.25, 0.3) is 0 Å². The largest absolute Gasteiger partial charge is 0.444 e. The van der Waals surface area contributed by atoms with E-state index in [-0.39, 0.29) is 0 Å². The van der Waals surface area contributed by atoms with E-state index in [1.165, 1.54) is 0 Å². The van der Waals surface area contributed by atoms with Gasteiger partial charge in [0, 0.05) is 0 Å². The molecular weight excluding hydrogens is 204 g/mol. The van der Waals surface area contributed by atoms with E-state index in [1.807, 2.05) is 20.8 Å². The molecule has 0 spiro atoms. The average molecular weight is 218 g/mol. The molecule has 0 aliphatic rings. The van der Waals surface area contributed by atoms with Crippen molar-refractivity contribution in [3.63, 3.8) is 0 Å². The molecule has 1 N–H and O–H groups in total. The first kappa shape index (κ1) is 10.6. The lowest BCUT2D eigenvalue weighted by Gasteiger charge is -2.04. The Kier molecular flexibility index (Phi) is 2.85. The van der Waals surface area contributed by atoms with E-state index in [2.05, 4.69) is 20.3 Å². The molecule has 0 aliphatic heterocycles. The van der Waals surface area contributed by atoms with E-state index in [0.29, 0.717) is 12.4 Å². The van der Waals surface area contributed by atoms with Gasteiger partial charge in [0.15, 0.2) is 0 Å². The molecule has 16 heavy (non-hydrogen) atoms. The molecule has 0 amide bonds. The fourth-order valence-corrected chi connectivity index (χ4v) is 1.28. The minimum Gasteiger partial charge on any atom is -0.444 e. The summed E-state index contributed by atoms with van der Waals surface area (Å²) in [6.45, 7) is 6.25. The van der Waals surface area contributed by atoms with Crippen LogP contribution in [0.2, 0.25) is 0 Å². The zero-order valence-corrected chi connectivity index (χ0v) is 9.61. The van der Waals surface area contributed by atoms with E-state index < -0.39 is 0 Å². The zero-order chi connectivity index (χ0) is 11.5. The lowest BCUT2D eigenvalue weighted by molar-refractivity contribution is 0.478. The normalized spacial score (nSPS) is 10.4. The Morgan fingerprint density at radius 2 is 1.94 bits per heavy atom. The summed E-state index contributed by atoms with van der Waals surface area (Å²) < 4.78 is 5.34. The molecule has 5 heteroatoms. The Morgan fingerprint density at radius 3 is 2.56 bits per heavy atom. The highest BCUT2D eigenvalue weighted by Crippen LogP contribution is 2.08. The maximum Gasteiger partial charge on any atom is 0.213 e. The molecule has 0 aliphatic carbocycles. The number of hydrogen-bond acceptors (Lipinski definition) is 5. The van der Waals surface area contributed by atoms with Crippen LogP contribution in [0.3, 0.4) is 0 Å². The molecular formula is C11H14N4O. The molecule has 2 rings (SSSR count). The summed E-state index contributed by atoms with van der Waals surface area (Å²) in [5, 5.41) is 3.11. The van der Waals surface area contributed by atoms with Gasteiger partial charge in [0.05, 0.1) is 30.3 Å². The Hall–Kier alpha value is -1.91. The minimum atomic E-state index is 0.519. The second-order valence-corrected chi connectivity index (χ2v) is 3.64. The van der Waals surface area contributed by atoms with Gasteiger partial charge in [-0.15, -0.1) is 0 Å². The Labute approximate surface area is 94.0 Å². The van der Waals surface area contributed by atoms with Gasteiger partial charge in [0.1, 0.15) is 11.6 Å². The van der Waals surface area contributed by atoms with Gasteiger partial charge in [-0.25, -0.2) is 9.97 Å². The fraction of sp³-hybridized carbons (Fsp3) is 0.364. The van der Waals surface area contributed by atoms with Crippen LogP contribution in [0.1, 0.15) is 23.0 Å². The van der Waals surface area contributed by atoms with Crippen molar-refractivity contribution in [2.75, 3.05) is 5.32 Å². The summed E-state index contributed by atoms with van der Waals surface area (Å²) >= 11 is 0. The summed E-state index contributed by atoms with van der Waals surface area (Å²) in [6.07, 6.45) is 3.40. The van der Waals surface area contributed by atoms with Gasteiger partial charge in [0.2, 0.25) is 5.89 Å². The second kappa shape index (κ2) is 4.30. The minimum absolute atomic E-state index is 0.519. The lowest BCUT2D eigenvalue weighted by Crippen LogP contribution is -2.04. The predicted octanol–water partition coefficient (Wildman–Crippen LogP) is 2.00. The second-order valence-electron chi connectivity index (χ2n) is 3.64.